The predicted molar refractivity (Wildman–Crippen MR) is 82.4 cm³/mol. The number of carbonyl (C=O) groups is 1. The minimum Gasteiger partial charge on any atom is -0.342 e. The Hall–Kier alpha value is -0.610. The number of hydrogen-bond donors (Lipinski definition) is 1. The SMILES string of the molecule is CCN1CCC(N(C)C(=O)C2CCCC(N)C2C)CC1. The van der Waals surface area contributed by atoms with Crippen LogP contribution >= 0.6 is 0 Å². The van der Waals surface area contributed by atoms with E-state index in [1.165, 1.54) is 0 Å². The lowest BCUT2D eigenvalue weighted by Crippen LogP contribution is -2.50. The van der Waals surface area contributed by atoms with Gasteiger partial charge in [-0.25, -0.2) is 0 Å². The lowest BCUT2D eigenvalue weighted by molar-refractivity contribution is -0.140. The Balaban J connectivity index is 1.91. The number of hydrogen-bond acceptors (Lipinski definition) is 3. The predicted octanol–water partition coefficient (Wildman–Crippen LogP) is 1.69. The van der Waals surface area contributed by atoms with E-state index in [2.05, 4.69) is 18.7 Å². The minimum atomic E-state index is 0.146. The zero-order chi connectivity index (χ0) is 14.7. The fourth-order valence-corrected chi connectivity index (χ4v) is 3.81. The maximum absolute atomic E-state index is 12.8. The van der Waals surface area contributed by atoms with E-state index in [0.717, 1.165) is 51.7 Å². The molecule has 116 valence electrons. The summed E-state index contributed by atoms with van der Waals surface area (Å²) in [5, 5.41) is 0. The van der Waals surface area contributed by atoms with Crippen LogP contribution in [0.25, 0.3) is 0 Å². The van der Waals surface area contributed by atoms with Crippen LogP contribution < -0.4 is 5.73 Å². The summed E-state index contributed by atoms with van der Waals surface area (Å²) in [5.74, 6) is 0.810. The van der Waals surface area contributed by atoms with Gasteiger partial charge in [-0.3, -0.25) is 4.79 Å². The van der Waals surface area contributed by atoms with Crippen molar-refractivity contribution in [2.75, 3.05) is 26.7 Å². The van der Waals surface area contributed by atoms with Gasteiger partial charge < -0.3 is 15.5 Å². The molecule has 1 saturated carbocycles. The Morgan fingerprint density at radius 2 is 1.90 bits per heavy atom. The monoisotopic (exact) mass is 281 g/mol. The van der Waals surface area contributed by atoms with Crippen LogP contribution in [0.15, 0.2) is 0 Å². The molecule has 0 aromatic rings. The Labute approximate surface area is 123 Å². The van der Waals surface area contributed by atoms with E-state index >= 15 is 0 Å². The molecule has 1 heterocycles. The largest absolute Gasteiger partial charge is 0.342 e. The van der Waals surface area contributed by atoms with E-state index in [9.17, 15) is 4.79 Å². The highest BCUT2D eigenvalue weighted by molar-refractivity contribution is 5.79. The van der Waals surface area contributed by atoms with Gasteiger partial charge in [0.2, 0.25) is 5.91 Å². The molecule has 20 heavy (non-hydrogen) atoms. The second-order valence-electron chi connectivity index (χ2n) is 6.67. The maximum Gasteiger partial charge on any atom is 0.226 e. The summed E-state index contributed by atoms with van der Waals surface area (Å²) in [6.45, 7) is 7.73. The topological polar surface area (TPSA) is 49.6 Å². The van der Waals surface area contributed by atoms with Crippen molar-refractivity contribution in [1.29, 1.82) is 0 Å². The number of piperidine rings is 1. The molecule has 1 aliphatic carbocycles. The third-order valence-electron chi connectivity index (χ3n) is 5.58. The van der Waals surface area contributed by atoms with Crippen LogP contribution in [0, 0.1) is 11.8 Å². The van der Waals surface area contributed by atoms with Gasteiger partial charge in [0.25, 0.3) is 0 Å². The van der Waals surface area contributed by atoms with Crippen LogP contribution in [0.3, 0.4) is 0 Å². The number of rotatable bonds is 3. The summed E-state index contributed by atoms with van der Waals surface area (Å²) >= 11 is 0. The Morgan fingerprint density at radius 3 is 2.50 bits per heavy atom. The quantitative estimate of drug-likeness (QED) is 0.856. The summed E-state index contributed by atoms with van der Waals surface area (Å²) in [4.78, 5) is 17.3. The summed E-state index contributed by atoms with van der Waals surface area (Å²) in [6.07, 6.45) is 5.42. The number of carbonyl (C=O) groups excluding carboxylic acids is 1. The third kappa shape index (κ3) is 3.34. The number of nitrogens with zero attached hydrogens (tertiary/aromatic N) is 2. The van der Waals surface area contributed by atoms with Gasteiger partial charge in [-0.05, 0) is 38.1 Å². The van der Waals surface area contributed by atoms with Crippen LogP contribution in [0.5, 0.6) is 0 Å². The standard InChI is InChI=1S/C16H31N3O/c1-4-19-10-8-13(9-11-19)18(3)16(20)14-6-5-7-15(17)12(14)2/h12-15H,4-11,17H2,1-3H3. The lowest BCUT2D eigenvalue weighted by atomic mass is 9.76. The molecular weight excluding hydrogens is 250 g/mol. The first kappa shape index (κ1) is 15.8. The summed E-state index contributed by atoms with van der Waals surface area (Å²) in [6, 6.07) is 0.628. The second-order valence-corrected chi connectivity index (χ2v) is 6.67. The average molecular weight is 281 g/mol. The molecule has 4 nitrogen and oxygen atoms in total. The van der Waals surface area contributed by atoms with Crippen molar-refractivity contribution >= 4 is 5.91 Å². The smallest absolute Gasteiger partial charge is 0.226 e. The second kappa shape index (κ2) is 6.90. The van der Waals surface area contributed by atoms with Gasteiger partial charge in [0.15, 0.2) is 0 Å². The van der Waals surface area contributed by atoms with E-state index in [4.69, 9.17) is 5.73 Å². The van der Waals surface area contributed by atoms with Crippen molar-refractivity contribution in [3.8, 4) is 0 Å². The van der Waals surface area contributed by atoms with E-state index < -0.39 is 0 Å². The fraction of sp³-hybridized carbons (Fsp3) is 0.938. The molecule has 2 N–H and O–H groups in total. The first-order valence-corrected chi connectivity index (χ1v) is 8.29. The molecule has 4 heteroatoms. The number of nitrogens with two attached hydrogens (primary N) is 1. The first-order valence-electron chi connectivity index (χ1n) is 8.29. The number of amides is 1. The van der Waals surface area contributed by atoms with Gasteiger partial charge in [0, 0.05) is 38.1 Å². The van der Waals surface area contributed by atoms with Gasteiger partial charge in [0.05, 0.1) is 0 Å². The normalized spacial score (nSPS) is 33.1. The fourth-order valence-electron chi connectivity index (χ4n) is 3.81. The minimum absolute atomic E-state index is 0.146. The van der Waals surface area contributed by atoms with Crippen molar-refractivity contribution in [1.82, 2.24) is 9.80 Å². The molecule has 1 saturated heterocycles. The molecule has 0 radical (unpaired) electrons. The van der Waals surface area contributed by atoms with Crippen molar-refractivity contribution in [2.24, 2.45) is 17.6 Å². The Kier molecular flexibility index (Phi) is 5.44. The summed E-state index contributed by atoms with van der Waals surface area (Å²) < 4.78 is 0. The molecule has 0 aromatic carbocycles. The van der Waals surface area contributed by atoms with Gasteiger partial charge >= 0.3 is 0 Å². The van der Waals surface area contributed by atoms with E-state index in [1.54, 1.807) is 0 Å². The highest BCUT2D eigenvalue weighted by atomic mass is 16.2. The molecule has 2 fully saturated rings. The highest BCUT2D eigenvalue weighted by Gasteiger charge is 2.36. The molecule has 3 unspecified atom stereocenters. The molecule has 2 rings (SSSR count). The van der Waals surface area contributed by atoms with Gasteiger partial charge in [0.1, 0.15) is 0 Å². The molecule has 0 spiro atoms. The van der Waals surface area contributed by atoms with Crippen molar-refractivity contribution < 1.29 is 4.79 Å². The van der Waals surface area contributed by atoms with Crippen LogP contribution in [0.4, 0.5) is 0 Å². The van der Waals surface area contributed by atoms with E-state index in [-0.39, 0.29) is 12.0 Å². The Morgan fingerprint density at radius 1 is 1.25 bits per heavy atom. The highest BCUT2D eigenvalue weighted by Crippen LogP contribution is 2.31. The number of likely N-dealkylation sites (tertiary alicyclic amines) is 1. The zero-order valence-corrected chi connectivity index (χ0v) is 13.3. The molecule has 1 aliphatic heterocycles. The zero-order valence-electron chi connectivity index (χ0n) is 13.3. The third-order valence-corrected chi connectivity index (χ3v) is 5.58. The van der Waals surface area contributed by atoms with E-state index in [0.29, 0.717) is 17.9 Å². The summed E-state index contributed by atoms with van der Waals surface area (Å²) in [5.41, 5.74) is 6.14. The Bertz CT molecular complexity index is 326. The van der Waals surface area contributed by atoms with Crippen molar-refractivity contribution in [3.05, 3.63) is 0 Å². The average Bonchev–Trinajstić information content (AvgIpc) is 2.48. The van der Waals surface area contributed by atoms with Gasteiger partial charge in [-0.15, -0.1) is 0 Å². The van der Waals surface area contributed by atoms with Crippen molar-refractivity contribution in [3.63, 3.8) is 0 Å². The van der Waals surface area contributed by atoms with Crippen LogP contribution in [0.1, 0.15) is 46.0 Å². The lowest BCUT2D eigenvalue weighted by Gasteiger charge is -2.40. The molecular formula is C16H31N3O. The molecule has 1 amide bonds. The molecule has 0 aromatic heterocycles. The first-order chi connectivity index (χ1) is 9.54. The van der Waals surface area contributed by atoms with E-state index in [1.807, 2.05) is 11.9 Å². The molecule has 3 atom stereocenters. The molecule has 2 aliphatic rings. The van der Waals surface area contributed by atoms with Crippen molar-refractivity contribution in [2.45, 2.75) is 58.0 Å². The molecule has 0 bridgehead atoms. The maximum atomic E-state index is 12.8. The summed E-state index contributed by atoms with van der Waals surface area (Å²) in [7, 11) is 2.00. The van der Waals surface area contributed by atoms with Gasteiger partial charge in [-0.2, -0.15) is 0 Å². The van der Waals surface area contributed by atoms with Crippen LogP contribution in [0.2, 0.25) is 0 Å². The van der Waals surface area contributed by atoms with Crippen LogP contribution in [-0.2, 0) is 4.79 Å². The van der Waals surface area contributed by atoms with Gasteiger partial charge in [-0.1, -0.05) is 20.3 Å². The van der Waals surface area contributed by atoms with Crippen LogP contribution in [-0.4, -0.2) is 54.5 Å².